The van der Waals surface area contributed by atoms with E-state index in [-0.39, 0.29) is 12.5 Å². The molecule has 0 radical (unpaired) electrons. The van der Waals surface area contributed by atoms with Gasteiger partial charge in [0.05, 0.1) is 19.8 Å². The molecule has 3 aliphatic heterocycles. The van der Waals surface area contributed by atoms with Crippen molar-refractivity contribution in [2.24, 2.45) is 0 Å². The van der Waals surface area contributed by atoms with E-state index in [1.54, 1.807) is 0 Å². The minimum atomic E-state index is 0.0945. The van der Waals surface area contributed by atoms with Crippen LogP contribution in [0.3, 0.4) is 0 Å². The van der Waals surface area contributed by atoms with Crippen molar-refractivity contribution < 1.29 is 9.84 Å². The van der Waals surface area contributed by atoms with Crippen LogP contribution in [0.15, 0.2) is 30.5 Å². The fraction of sp³-hybridized carbons (Fsp3) is 0.600. The van der Waals surface area contributed by atoms with Crippen LogP contribution in [0, 0.1) is 0 Å². The van der Waals surface area contributed by atoms with Crippen molar-refractivity contribution in [1.82, 2.24) is 19.8 Å². The van der Waals surface area contributed by atoms with E-state index in [1.165, 1.54) is 5.69 Å². The first-order valence-corrected chi connectivity index (χ1v) is 12.3. The highest BCUT2D eigenvalue weighted by atomic mass is 16.5. The zero-order valence-electron chi connectivity index (χ0n) is 19.7. The van der Waals surface area contributed by atoms with Crippen molar-refractivity contribution >= 4 is 11.5 Å². The van der Waals surface area contributed by atoms with E-state index in [1.807, 2.05) is 6.20 Å². The molecule has 33 heavy (non-hydrogen) atoms. The SMILES string of the molecule is CN1CCN(c2ccc(-c3ncc4c(n3)N(CCCN3CCOCC3)CC4CO)cc2)CC1. The first kappa shape index (κ1) is 22.5. The van der Waals surface area contributed by atoms with Crippen molar-refractivity contribution in [3.63, 3.8) is 0 Å². The largest absolute Gasteiger partial charge is 0.396 e. The molecule has 8 nitrogen and oxygen atoms in total. The first-order valence-electron chi connectivity index (χ1n) is 12.3. The smallest absolute Gasteiger partial charge is 0.161 e. The van der Waals surface area contributed by atoms with Gasteiger partial charge in [-0.05, 0) is 37.7 Å². The predicted octanol–water partition coefficient (Wildman–Crippen LogP) is 1.51. The summed E-state index contributed by atoms with van der Waals surface area (Å²) in [5.41, 5.74) is 3.37. The van der Waals surface area contributed by atoms with Crippen molar-refractivity contribution in [3.8, 4) is 11.4 Å². The summed E-state index contributed by atoms with van der Waals surface area (Å²) in [6, 6.07) is 8.65. The lowest BCUT2D eigenvalue weighted by Crippen LogP contribution is -2.44. The molecule has 1 unspecified atom stereocenters. The Kier molecular flexibility index (Phi) is 7.06. The molecule has 8 heteroatoms. The highest BCUT2D eigenvalue weighted by Gasteiger charge is 2.30. The zero-order valence-corrected chi connectivity index (χ0v) is 19.7. The number of benzene rings is 1. The number of morpholine rings is 1. The zero-order chi connectivity index (χ0) is 22.6. The molecule has 2 saturated heterocycles. The second-order valence-corrected chi connectivity index (χ2v) is 9.44. The summed E-state index contributed by atoms with van der Waals surface area (Å²) in [5.74, 6) is 1.84. The number of aromatic nitrogens is 2. The van der Waals surface area contributed by atoms with Crippen LogP contribution >= 0.6 is 0 Å². The molecule has 178 valence electrons. The van der Waals surface area contributed by atoms with Gasteiger partial charge in [0.1, 0.15) is 5.82 Å². The van der Waals surface area contributed by atoms with Crippen LogP contribution in [0.1, 0.15) is 17.9 Å². The van der Waals surface area contributed by atoms with E-state index in [0.717, 1.165) is 101 Å². The lowest BCUT2D eigenvalue weighted by atomic mass is 10.1. The average molecular weight is 453 g/mol. The number of rotatable bonds is 7. The van der Waals surface area contributed by atoms with E-state index < -0.39 is 0 Å². The fourth-order valence-electron chi connectivity index (χ4n) is 5.06. The van der Waals surface area contributed by atoms with Gasteiger partial charge in [-0.2, -0.15) is 0 Å². The third kappa shape index (κ3) is 5.14. The first-order chi connectivity index (χ1) is 16.2. The van der Waals surface area contributed by atoms with Crippen LogP contribution in [0.5, 0.6) is 0 Å². The quantitative estimate of drug-likeness (QED) is 0.678. The molecule has 0 spiro atoms. The van der Waals surface area contributed by atoms with Gasteiger partial charge in [-0.1, -0.05) is 0 Å². The van der Waals surface area contributed by atoms with Crippen LogP contribution in [-0.4, -0.2) is 111 Å². The van der Waals surface area contributed by atoms with E-state index in [0.29, 0.717) is 0 Å². The molecule has 1 N–H and O–H groups in total. The van der Waals surface area contributed by atoms with Gasteiger partial charge in [0, 0.05) is 87.8 Å². The second kappa shape index (κ2) is 10.3. The lowest BCUT2D eigenvalue weighted by Gasteiger charge is -2.34. The molecule has 0 aliphatic carbocycles. The summed E-state index contributed by atoms with van der Waals surface area (Å²) in [6.45, 7) is 11.0. The monoisotopic (exact) mass is 452 g/mol. The van der Waals surface area contributed by atoms with Crippen LogP contribution in [0.4, 0.5) is 11.5 Å². The molecule has 2 aromatic rings. The highest BCUT2D eigenvalue weighted by molar-refractivity contribution is 5.64. The van der Waals surface area contributed by atoms with Crippen molar-refractivity contribution in [2.45, 2.75) is 12.3 Å². The Hall–Kier alpha value is -2.26. The minimum Gasteiger partial charge on any atom is -0.396 e. The Morgan fingerprint density at radius 1 is 1.00 bits per heavy atom. The van der Waals surface area contributed by atoms with Gasteiger partial charge in [-0.15, -0.1) is 0 Å². The van der Waals surface area contributed by atoms with E-state index in [4.69, 9.17) is 9.72 Å². The standard InChI is InChI=1S/C25H36N6O2/c1-28-9-11-30(12-10-28)22-5-3-20(4-6-22)24-26-17-23-21(19-32)18-31(25(23)27-24)8-2-7-29-13-15-33-16-14-29/h3-6,17,21,32H,2,7-16,18-19H2,1H3. The average Bonchev–Trinajstić information content (AvgIpc) is 3.22. The maximum absolute atomic E-state index is 9.90. The van der Waals surface area contributed by atoms with Crippen molar-refractivity contribution in [2.75, 3.05) is 95.6 Å². The topological polar surface area (TPSA) is 68.2 Å². The molecular weight excluding hydrogens is 416 g/mol. The summed E-state index contributed by atoms with van der Waals surface area (Å²) < 4.78 is 5.45. The molecule has 3 aliphatic rings. The van der Waals surface area contributed by atoms with Gasteiger partial charge in [0.25, 0.3) is 0 Å². The Bertz CT molecular complexity index is 910. The normalized spacial score (nSPS) is 22.1. The van der Waals surface area contributed by atoms with Gasteiger partial charge in [-0.3, -0.25) is 4.90 Å². The third-order valence-electron chi connectivity index (χ3n) is 7.20. The van der Waals surface area contributed by atoms with E-state index in [2.05, 4.69) is 55.9 Å². The summed E-state index contributed by atoms with van der Waals surface area (Å²) >= 11 is 0. The highest BCUT2D eigenvalue weighted by Crippen LogP contribution is 2.35. The van der Waals surface area contributed by atoms with Crippen LogP contribution in [0.25, 0.3) is 11.4 Å². The number of aliphatic hydroxyl groups is 1. The van der Waals surface area contributed by atoms with Crippen LogP contribution < -0.4 is 9.80 Å². The number of fused-ring (bicyclic) bond motifs is 1. The molecule has 4 heterocycles. The fourth-order valence-corrected chi connectivity index (χ4v) is 5.06. The van der Waals surface area contributed by atoms with E-state index in [9.17, 15) is 5.11 Å². The molecule has 1 aromatic carbocycles. The number of anilines is 2. The molecule has 1 aromatic heterocycles. The van der Waals surface area contributed by atoms with Gasteiger partial charge >= 0.3 is 0 Å². The minimum absolute atomic E-state index is 0.0945. The maximum atomic E-state index is 9.90. The van der Waals surface area contributed by atoms with Gasteiger partial charge in [0.2, 0.25) is 0 Å². The van der Waals surface area contributed by atoms with Crippen LogP contribution in [0.2, 0.25) is 0 Å². The molecule has 1 atom stereocenters. The van der Waals surface area contributed by atoms with Gasteiger partial charge in [0.15, 0.2) is 5.82 Å². The molecule has 2 fully saturated rings. The van der Waals surface area contributed by atoms with Crippen molar-refractivity contribution in [3.05, 3.63) is 36.0 Å². The van der Waals surface area contributed by atoms with E-state index >= 15 is 0 Å². The maximum Gasteiger partial charge on any atom is 0.161 e. The number of piperazine rings is 1. The summed E-state index contributed by atoms with van der Waals surface area (Å²) in [5, 5.41) is 9.90. The Morgan fingerprint density at radius 3 is 2.48 bits per heavy atom. The van der Waals surface area contributed by atoms with Crippen molar-refractivity contribution in [1.29, 1.82) is 0 Å². The molecule has 0 bridgehead atoms. The molecule has 5 rings (SSSR count). The number of ether oxygens (including phenoxy) is 1. The van der Waals surface area contributed by atoms with Gasteiger partial charge < -0.3 is 24.5 Å². The summed E-state index contributed by atoms with van der Waals surface area (Å²) in [4.78, 5) is 19.3. The number of aliphatic hydroxyl groups excluding tert-OH is 1. The van der Waals surface area contributed by atoms with Crippen LogP contribution in [-0.2, 0) is 4.74 Å². The second-order valence-electron chi connectivity index (χ2n) is 9.44. The third-order valence-corrected chi connectivity index (χ3v) is 7.20. The summed E-state index contributed by atoms with van der Waals surface area (Å²) in [7, 11) is 2.18. The summed E-state index contributed by atoms with van der Waals surface area (Å²) in [6.07, 6.45) is 3.01. The number of nitrogens with zero attached hydrogens (tertiary/aromatic N) is 6. The Labute approximate surface area is 196 Å². The molecular formula is C25H36N6O2. The number of hydrogen-bond donors (Lipinski definition) is 1. The Morgan fingerprint density at radius 2 is 1.76 bits per heavy atom. The molecule has 0 amide bonds. The number of likely N-dealkylation sites (N-methyl/N-ethyl adjacent to an activating group) is 1. The Balaban J connectivity index is 1.27. The lowest BCUT2D eigenvalue weighted by molar-refractivity contribution is 0.0376. The number of hydrogen-bond acceptors (Lipinski definition) is 8. The predicted molar refractivity (Wildman–Crippen MR) is 131 cm³/mol. The molecule has 0 saturated carbocycles. The van der Waals surface area contributed by atoms with Gasteiger partial charge in [-0.25, -0.2) is 9.97 Å².